The Morgan fingerprint density at radius 3 is 2.58 bits per heavy atom. The van der Waals surface area contributed by atoms with Crippen molar-refractivity contribution in [3.05, 3.63) is 0 Å². The smallest absolute Gasteiger partial charge is 0.338 e. The molecule has 12 unspecified atom stereocenters. The van der Waals surface area contributed by atoms with Gasteiger partial charge in [0, 0.05) is 56.8 Å². The molecule has 230 valence electrons. The van der Waals surface area contributed by atoms with Crippen molar-refractivity contribution in [3.63, 3.8) is 0 Å². The number of rotatable bonds is 0. The third-order valence-corrected chi connectivity index (χ3v) is 13.5. The molecule has 10 heteroatoms. The van der Waals surface area contributed by atoms with Gasteiger partial charge >= 0.3 is 10.3 Å². The predicted molar refractivity (Wildman–Crippen MR) is 156 cm³/mol. The summed E-state index contributed by atoms with van der Waals surface area (Å²) in [5.74, 6) is 3.18. The van der Waals surface area contributed by atoms with Crippen molar-refractivity contribution in [2.24, 2.45) is 35.5 Å². The van der Waals surface area contributed by atoms with Gasteiger partial charge in [-0.2, -0.15) is 18.3 Å². The molecular formula is C30H55N5O4S. The van der Waals surface area contributed by atoms with Crippen LogP contribution in [0.25, 0.3) is 0 Å². The number of ether oxygens (including phenoxy) is 1. The second kappa shape index (κ2) is 12.3. The zero-order valence-electron chi connectivity index (χ0n) is 25.3. The quantitative estimate of drug-likeness (QED) is 0.450. The van der Waals surface area contributed by atoms with E-state index in [2.05, 4.69) is 48.7 Å². The fourth-order valence-corrected chi connectivity index (χ4v) is 11.0. The standard InChI is InChI=1S/C30H55N5O4S/c1-20-6-7-23-16-24-8-10-28-30(21(24)2)31-32-34(28)14-13-33(4)12-5-15-38-26-9-11-29-25(18-26)19-35(40(36,37)39-29)22(3)27(20)17-23/h20-32H,5-19H2,1-4H3/t20?,21?,22-,23?,24?,25?,26?,27?,28?,29?,30?/m1/s1. The van der Waals surface area contributed by atoms with Crippen LogP contribution in [0.3, 0.4) is 0 Å². The molecule has 0 aromatic carbocycles. The SMILES string of the molecule is CC1CCC2CC3CCC4C(NNN4CCN(C)CCCOC4CCC5OS(=O)(=O)N(CC5C4)[C@H](C)C1C2)C3C. The Morgan fingerprint density at radius 2 is 1.73 bits per heavy atom. The van der Waals surface area contributed by atoms with Crippen LogP contribution in [-0.4, -0.2) is 92.8 Å². The molecule has 7 aliphatic rings. The second-order valence-corrected chi connectivity index (χ2v) is 15.9. The van der Waals surface area contributed by atoms with E-state index in [-0.39, 0.29) is 24.2 Å². The molecule has 13 atom stereocenters. The molecule has 4 saturated heterocycles. The summed E-state index contributed by atoms with van der Waals surface area (Å²) in [5, 5.41) is 2.46. The van der Waals surface area contributed by atoms with Crippen LogP contribution in [0.5, 0.6) is 0 Å². The van der Waals surface area contributed by atoms with Gasteiger partial charge in [-0.25, -0.2) is 10.4 Å². The Balaban J connectivity index is 1.20. The first-order chi connectivity index (χ1) is 19.2. The Hall–Kier alpha value is -0.330. The van der Waals surface area contributed by atoms with Crippen LogP contribution < -0.4 is 11.0 Å². The van der Waals surface area contributed by atoms with Crippen LogP contribution in [0.15, 0.2) is 0 Å². The fraction of sp³-hybridized carbons (Fsp3) is 1.00. The second-order valence-electron chi connectivity index (χ2n) is 14.4. The molecule has 9 bridgehead atoms. The van der Waals surface area contributed by atoms with E-state index in [1.165, 1.54) is 32.1 Å². The van der Waals surface area contributed by atoms with Crippen LogP contribution >= 0.6 is 0 Å². The normalized spacial score (nSPS) is 50.6. The van der Waals surface area contributed by atoms with E-state index in [1.807, 2.05) is 0 Å². The van der Waals surface area contributed by atoms with E-state index in [1.54, 1.807) is 4.31 Å². The molecule has 2 N–H and O–H groups in total. The number of likely N-dealkylation sites (N-methyl/N-ethyl adjacent to an activating group) is 1. The summed E-state index contributed by atoms with van der Waals surface area (Å²) in [6.45, 7) is 11.4. The van der Waals surface area contributed by atoms with Crippen LogP contribution in [0.4, 0.5) is 0 Å². The highest BCUT2D eigenvalue weighted by atomic mass is 32.2. The monoisotopic (exact) mass is 581 g/mol. The first-order valence-corrected chi connectivity index (χ1v) is 17.8. The van der Waals surface area contributed by atoms with Crippen molar-refractivity contribution < 1.29 is 17.3 Å². The Morgan fingerprint density at radius 1 is 0.875 bits per heavy atom. The fourth-order valence-electron chi connectivity index (χ4n) is 9.36. The molecule has 7 rings (SSSR count). The number of nitrogens with zero attached hydrogens (tertiary/aromatic N) is 3. The topological polar surface area (TPSA) is 86.4 Å². The Kier molecular flexibility index (Phi) is 9.18. The molecule has 0 aromatic rings. The first-order valence-electron chi connectivity index (χ1n) is 16.5. The highest BCUT2D eigenvalue weighted by molar-refractivity contribution is 7.84. The van der Waals surface area contributed by atoms with Crippen molar-refractivity contribution in [3.8, 4) is 0 Å². The Bertz CT molecular complexity index is 970. The first kappa shape index (κ1) is 29.7. The average Bonchev–Trinajstić information content (AvgIpc) is 3.34. The van der Waals surface area contributed by atoms with Gasteiger partial charge in [0.2, 0.25) is 0 Å². The van der Waals surface area contributed by atoms with E-state index < -0.39 is 10.3 Å². The molecule has 9 nitrogen and oxygen atoms in total. The molecule has 0 spiro atoms. The van der Waals surface area contributed by atoms with Gasteiger partial charge in [-0.15, -0.1) is 0 Å². The summed E-state index contributed by atoms with van der Waals surface area (Å²) in [6.07, 6.45) is 11.0. The maximum absolute atomic E-state index is 13.4. The summed E-state index contributed by atoms with van der Waals surface area (Å²) in [5.41, 5.74) is 7.20. The minimum Gasteiger partial charge on any atom is -0.378 e. The molecule has 40 heavy (non-hydrogen) atoms. The zero-order chi connectivity index (χ0) is 28.0. The van der Waals surface area contributed by atoms with Gasteiger partial charge in [0.1, 0.15) is 0 Å². The lowest BCUT2D eigenvalue weighted by Crippen LogP contribution is -2.56. The lowest BCUT2D eigenvalue weighted by Gasteiger charge is -2.48. The summed E-state index contributed by atoms with van der Waals surface area (Å²) in [7, 11) is -1.49. The van der Waals surface area contributed by atoms with E-state index in [0.29, 0.717) is 42.3 Å². The lowest BCUT2D eigenvalue weighted by molar-refractivity contribution is -0.0501. The maximum Gasteiger partial charge on any atom is 0.338 e. The van der Waals surface area contributed by atoms with Crippen LogP contribution in [0.1, 0.15) is 85.0 Å². The maximum atomic E-state index is 13.4. The molecular weight excluding hydrogens is 526 g/mol. The zero-order valence-corrected chi connectivity index (χ0v) is 26.2. The van der Waals surface area contributed by atoms with Gasteiger partial charge in [0.05, 0.1) is 12.2 Å². The summed E-state index contributed by atoms with van der Waals surface area (Å²) in [4.78, 5) is 2.43. The lowest BCUT2D eigenvalue weighted by atomic mass is 9.65. The Labute approximate surface area is 243 Å². The van der Waals surface area contributed by atoms with Gasteiger partial charge in [-0.3, -0.25) is 4.18 Å². The highest BCUT2D eigenvalue weighted by Gasteiger charge is 2.48. The molecule has 0 aromatic heterocycles. The molecule has 3 aliphatic carbocycles. The van der Waals surface area contributed by atoms with Gasteiger partial charge in [0.15, 0.2) is 0 Å². The van der Waals surface area contributed by atoms with E-state index in [0.717, 1.165) is 64.3 Å². The highest BCUT2D eigenvalue weighted by Crippen LogP contribution is 2.45. The van der Waals surface area contributed by atoms with Gasteiger partial charge in [-0.1, -0.05) is 26.7 Å². The van der Waals surface area contributed by atoms with Crippen molar-refractivity contribution in [2.45, 2.75) is 115 Å². The summed E-state index contributed by atoms with van der Waals surface area (Å²) >= 11 is 0. The largest absolute Gasteiger partial charge is 0.378 e. The predicted octanol–water partition coefficient (Wildman–Crippen LogP) is 3.39. The summed E-state index contributed by atoms with van der Waals surface area (Å²) < 4.78 is 40.8. The van der Waals surface area contributed by atoms with E-state index in [4.69, 9.17) is 8.92 Å². The van der Waals surface area contributed by atoms with E-state index >= 15 is 0 Å². The average molecular weight is 582 g/mol. The number of nitrogens with one attached hydrogen (secondary N) is 2. The molecule has 0 radical (unpaired) electrons. The number of fused-ring (bicyclic) bond motifs is 7. The third kappa shape index (κ3) is 6.16. The summed E-state index contributed by atoms with van der Waals surface area (Å²) in [6, 6.07) is 1.03. The molecule has 0 amide bonds. The van der Waals surface area contributed by atoms with Crippen LogP contribution in [0, 0.1) is 35.5 Å². The van der Waals surface area contributed by atoms with Crippen molar-refractivity contribution in [2.75, 3.05) is 39.8 Å². The molecule has 4 heterocycles. The van der Waals surface area contributed by atoms with Crippen molar-refractivity contribution in [1.82, 2.24) is 25.2 Å². The number of hydrazine groups is 2. The molecule has 7 fully saturated rings. The van der Waals surface area contributed by atoms with E-state index in [9.17, 15) is 8.42 Å². The van der Waals surface area contributed by atoms with Gasteiger partial charge in [0.25, 0.3) is 0 Å². The minimum absolute atomic E-state index is 0.0270. The van der Waals surface area contributed by atoms with Crippen LogP contribution in [-0.2, 0) is 19.2 Å². The third-order valence-electron chi connectivity index (χ3n) is 12.0. The minimum atomic E-state index is -3.71. The van der Waals surface area contributed by atoms with Gasteiger partial charge in [-0.05, 0) is 94.9 Å². The number of hydrogen-bond acceptors (Lipinski definition) is 8. The molecule has 4 aliphatic heterocycles. The van der Waals surface area contributed by atoms with Crippen LogP contribution in [0.2, 0.25) is 0 Å². The van der Waals surface area contributed by atoms with Crippen molar-refractivity contribution >= 4 is 10.3 Å². The molecule has 3 saturated carbocycles. The number of hydrogen-bond donors (Lipinski definition) is 2. The van der Waals surface area contributed by atoms with Crippen molar-refractivity contribution in [1.29, 1.82) is 0 Å². The van der Waals surface area contributed by atoms with Gasteiger partial charge < -0.3 is 9.64 Å².